The third-order valence-electron chi connectivity index (χ3n) is 5.77. The molecule has 0 bridgehead atoms. The lowest BCUT2D eigenvalue weighted by atomic mass is 9.87. The minimum absolute atomic E-state index is 0.853. The lowest BCUT2D eigenvalue weighted by molar-refractivity contribution is 0.332. The zero-order chi connectivity index (χ0) is 17.0. The first-order chi connectivity index (χ1) is 10.4. The van der Waals surface area contributed by atoms with Gasteiger partial charge in [-0.1, -0.05) is 113 Å². The Kier molecular flexibility index (Phi) is 13.4. The van der Waals surface area contributed by atoms with Gasteiger partial charge in [0, 0.05) is 0 Å². The van der Waals surface area contributed by atoms with Gasteiger partial charge in [-0.15, -0.1) is 0 Å². The van der Waals surface area contributed by atoms with Gasteiger partial charge < -0.3 is 0 Å². The van der Waals surface area contributed by atoms with Gasteiger partial charge in [-0.2, -0.15) is 0 Å². The van der Waals surface area contributed by atoms with E-state index < -0.39 is 0 Å². The van der Waals surface area contributed by atoms with Crippen LogP contribution >= 0.6 is 0 Å². The summed E-state index contributed by atoms with van der Waals surface area (Å²) in [6, 6.07) is 0. The van der Waals surface area contributed by atoms with E-state index in [9.17, 15) is 0 Å². The van der Waals surface area contributed by atoms with Gasteiger partial charge in [0.1, 0.15) is 0 Å². The van der Waals surface area contributed by atoms with Crippen LogP contribution in [0.25, 0.3) is 0 Å². The van der Waals surface area contributed by atoms with Crippen molar-refractivity contribution in [2.75, 3.05) is 0 Å². The third-order valence-corrected chi connectivity index (χ3v) is 5.77. The molecule has 0 radical (unpaired) electrons. The van der Waals surface area contributed by atoms with Gasteiger partial charge in [-0.25, -0.2) is 0 Å². The summed E-state index contributed by atoms with van der Waals surface area (Å²) in [5, 5.41) is 0. The van der Waals surface area contributed by atoms with Crippen LogP contribution in [-0.4, -0.2) is 0 Å². The third kappa shape index (κ3) is 12.5. The molecule has 0 saturated heterocycles. The molecule has 0 aliphatic heterocycles. The van der Waals surface area contributed by atoms with Crippen molar-refractivity contribution >= 4 is 0 Å². The summed E-state index contributed by atoms with van der Waals surface area (Å²) < 4.78 is 0. The summed E-state index contributed by atoms with van der Waals surface area (Å²) in [4.78, 5) is 0. The molecule has 134 valence electrons. The lowest BCUT2D eigenvalue weighted by Crippen LogP contribution is -2.06. The van der Waals surface area contributed by atoms with Crippen molar-refractivity contribution in [2.45, 2.75) is 113 Å². The van der Waals surface area contributed by atoms with Crippen LogP contribution in [0.15, 0.2) is 0 Å². The minimum Gasteiger partial charge on any atom is -0.0651 e. The Hall–Kier alpha value is 0. The Labute approximate surface area is 142 Å². The largest absolute Gasteiger partial charge is 0.0651 e. The standard InChI is InChI=1S/C22H46/c1-8-22(17-11-15-21(7)19(4)5)16-10-14-20(6)13-9-12-18(2)3/h18-22H,8-17H2,1-7H3. The minimum atomic E-state index is 0.853. The van der Waals surface area contributed by atoms with Crippen LogP contribution in [-0.2, 0) is 0 Å². The maximum Gasteiger partial charge on any atom is -0.0417 e. The van der Waals surface area contributed by atoms with E-state index in [-0.39, 0.29) is 0 Å². The quantitative estimate of drug-likeness (QED) is 0.304. The molecule has 3 unspecified atom stereocenters. The van der Waals surface area contributed by atoms with Crippen molar-refractivity contribution in [3.63, 3.8) is 0 Å². The van der Waals surface area contributed by atoms with Crippen LogP contribution in [0.1, 0.15) is 113 Å². The number of hydrogen-bond donors (Lipinski definition) is 0. The molecule has 0 heteroatoms. The number of hydrogen-bond acceptors (Lipinski definition) is 0. The fraction of sp³-hybridized carbons (Fsp3) is 1.00. The predicted molar refractivity (Wildman–Crippen MR) is 103 cm³/mol. The van der Waals surface area contributed by atoms with E-state index in [1.165, 1.54) is 64.2 Å². The monoisotopic (exact) mass is 310 g/mol. The van der Waals surface area contributed by atoms with E-state index in [4.69, 9.17) is 0 Å². The van der Waals surface area contributed by atoms with E-state index in [2.05, 4.69) is 48.5 Å². The van der Waals surface area contributed by atoms with Crippen molar-refractivity contribution in [2.24, 2.45) is 29.6 Å². The first-order valence-electron chi connectivity index (χ1n) is 10.4. The summed E-state index contributed by atoms with van der Waals surface area (Å²) in [6.07, 6.45) is 14.4. The molecular weight excluding hydrogens is 264 g/mol. The molecule has 0 aliphatic rings. The van der Waals surface area contributed by atoms with Crippen LogP contribution < -0.4 is 0 Å². The van der Waals surface area contributed by atoms with E-state index in [1.54, 1.807) is 0 Å². The summed E-state index contributed by atoms with van der Waals surface area (Å²) in [5.74, 6) is 4.56. The molecule has 22 heavy (non-hydrogen) atoms. The lowest BCUT2D eigenvalue weighted by Gasteiger charge is -2.19. The molecule has 0 aromatic carbocycles. The molecule has 0 aromatic heterocycles. The van der Waals surface area contributed by atoms with Gasteiger partial charge in [-0.3, -0.25) is 0 Å². The SMILES string of the molecule is CCC(CCCC(C)CCCC(C)C)CCCC(C)C(C)C. The second-order valence-corrected chi connectivity index (χ2v) is 8.79. The van der Waals surface area contributed by atoms with Gasteiger partial charge in [0.25, 0.3) is 0 Å². The van der Waals surface area contributed by atoms with E-state index in [0.717, 1.165) is 29.6 Å². The van der Waals surface area contributed by atoms with Gasteiger partial charge >= 0.3 is 0 Å². The van der Waals surface area contributed by atoms with Crippen molar-refractivity contribution in [3.8, 4) is 0 Å². The van der Waals surface area contributed by atoms with Crippen LogP contribution in [0.4, 0.5) is 0 Å². The van der Waals surface area contributed by atoms with Crippen molar-refractivity contribution < 1.29 is 0 Å². The zero-order valence-electron chi connectivity index (χ0n) is 17.0. The molecule has 0 aliphatic carbocycles. The van der Waals surface area contributed by atoms with Gasteiger partial charge in [-0.05, 0) is 29.6 Å². The van der Waals surface area contributed by atoms with Crippen molar-refractivity contribution in [1.29, 1.82) is 0 Å². The Morgan fingerprint density at radius 1 is 0.591 bits per heavy atom. The van der Waals surface area contributed by atoms with Crippen LogP contribution in [0, 0.1) is 29.6 Å². The Bertz CT molecular complexity index is 228. The normalized spacial score (nSPS) is 16.2. The maximum atomic E-state index is 2.46. The second kappa shape index (κ2) is 13.4. The molecule has 0 rings (SSSR count). The Balaban J connectivity index is 3.68. The van der Waals surface area contributed by atoms with E-state index in [0.29, 0.717) is 0 Å². The first kappa shape index (κ1) is 22.0. The summed E-state index contributed by atoms with van der Waals surface area (Å²) >= 11 is 0. The molecule has 0 heterocycles. The summed E-state index contributed by atoms with van der Waals surface area (Å²) in [7, 11) is 0. The van der Waals surface area contributed by atoms with Crippen LogP contribution in [0.3, 0.4) is 0 Å². The first-order valence-corrected chi connectivity index (χ1v) is 10.4. The smallest absolute Gasteiger partial charge is 0.0417 e. The molecule has 0 nitrogen and oxygen atoms in total. The highest BCUT2D eigenvalue weighted by Crippen LogP contribution is 2.25. The average Bonchev–Trinajstić information content (AvgIpc) is 2.44. The predicted octanol–water partition coefficient (Wildman–Crippen LogP) is 8.11. The molecule has 0 spiro atoms. The highest BCUT2D eigenvalue weighted by molar-refractivity contribution is 4.64. The molecular formula is C22H46. The second-order valence-electron chi connectivity index (χ2n) is 8.79. The average molecular weight is 311 g/mol. The summed E-state index contributed by atoms with van der Waals surface area (Å²) in [6.45, 7) is 16.7. The fourth-order valence-corrected chi connectivity index (χ4v) is 3.39. The topological polar surface area (TPSA) is 0 Å². The van der Waals surface area contributed by atoms with Gasteiger partial charge in [0.15, 0.2) is 0 Å². The van der Waals surface area contributed by atoms with E-state index in [1.807, 2.05) is 0 Å². The van der Waals surface area contributed by atoms with Crippen molar-refractivity contribution in [3.05, 3.63) is 0 Å². The molecule has 0 saturated carbocycles. The Morgan fingerprint density at radius 3 is 1.55 bits per heavy atom. The van der Waals surface area contributed by atoms with E-state index >= 15 is 0 Å². The van der Waals surface area contributed by atoms with Gasteiger partial charge in [0.2, 0.25) is 0 Å². The molecule has 3 atom stereocenters. The molecule has 0 fully saturated rings. The Morgan fingerprint density at radius 2 is 1.09 bits per heavy atom. The van der Waals surface area contributed by atoms with Crippen LogP contribution in [0.2, 0.25) is 0 Å². The molecule has 0 N–H and O–H groups in total. The van der Waals surface area contributed by atoms with Crippen LogP contribution in [0.5, 0.6) is 0 Å². The summed E-state index contributed by atoms with van der Waals surface area (Å²) in [5.41, 5.74) is 0. The zero-order valence-corrected chi connectivity index (χ0v) is 17.0. The highest BCUT2D eigenvalue weighted by atomic mass is 14.2. The maximum absolute atomic E-state index is 2.46. The van der Waals surface area contributed by atoms with Crippen molar-refractivity contribution in [1.82, 2.24) is 0 Å². The molecule has 0 aromatic rings. The molecule has 0 amide bonds. The number of rotatable bonds is 14. The van der Waals surface area contributed by atoms with Gasteiger partial charge in [0.05, 0.1) is 0 Å². The fourth-order valence-electron chi connectivity index (χ4n) is 3.39. The highest BCUT2D eigenvalue weighted by Gasteiger charge is 2.11.